The number of amides is 2. The van der Waals surface area contributed by atoms with Crippen LogP contribution in [0.5, 0.6) is 5.75 Å². The van der Waals surface area contributed by atoms with Gasteiger partial charge in [0, 0.05) is 63.5 Å². The molecule has 0 aliphatic carbocycles. The van der Waals surface area contributed by atoms with Crippen LogP contribution in [0.2, 0.25) is 5.02 Å². The summed E-state index contributed by atoms with van der Waals surface area (Å²) in [5.41, 5.74) is 0.400. The molecule has 6 rings (SSSR count). The first-order valence-corrected chi connectivity index (χ1v) is 14.4. The third kappa shape index (κ3) is 4.75. The molecule has 3 fully saturated rings. The average molecular weight is 584 g/mol. The standard InChI is InChI=1S/C30H35ClFN5O4/c1-5-23(38)34-10-11-36-19(13-34)17-41-27-24(29(36)39)28(33-26(25(27)31)21-8-6-7-9-22(21)32)37-14-18(12-30(37,2)3)35-15-20(16-35)40-4/h5-9,18-20H,1,10-17H2,2-4H3/t18-,19-/m1/s1. The molecule has 2 aromatic rings. The van der Waals surface area contributed by atoms with E-state index in [1.807, 2.05) is 0 Å². The molecule has 2 amide bonds. The van der Waals surface area contributed by atoms with E-state index in [0.29, 0.717) is 32.0 Å². The zero-order chi connectivity index (χ0) is 29.1. The Morgan fingerprint density at radius 3 is 2.66 bits per heavy atom. The summed E-state index contributed by atoms with van der Waals surface area (Å²) in [5, 5.41) is 0.0975. The molecule has 4 aliphatic heterocycles. The Balaban J connectivity index is 1.45. The van der Waals surface area contributed by atoms with E-state index >= 15 is 4.39 Å². The molecule has 218 valence electrons. The molecule has 0 spiro atoms. The first-order valence-electron chi connectivity index (χ1n) is 14.0. The summed E-state index contributed by atoms with van der Waals surface area (Å²) in [6.07, 6.45) is 2.36. The van der Waals surface area contributed by atoms with E-state index in [1.54, 1.807) is 35.1 Å². The highest BCUT2D eigenvalue weighted by Crippen LogP contribution is 2.47. The lowest BCUT2D eigenvalue weighted by atomic mass is 9.97. The number of rotatable bonds is 5. The number of carbonyl (C=O) groups is 2. The highest BCUT2D eigenvalue weighted by molar-refractivity contribution is 6.35. The van der Waals surface area contributed by atoms with Crippen molar-refractivity contribution >= 4 is 29.2 Å². The Bertz CT molecular complexity index is 1400. The van der Waals surface area contributed by atoms with Gasteiger partial charge in [0.05, 0.1) is 17.8 Å². The molecule has 9 nitrogen and oxygen atoms in total. The smallest absolute Gasteiger partial charge is 0.261 e. The summed E-state index contributed by atoms with van der Waals surface area (Å²) in [4.78, 5) is 39.6. The number of methoxy groups -OCH3 is 1. The van der Waals surface area contributed by atoms with Crippen molar-refractivity contribution in [2.75, 3.05) is 57.9 Å². The van der Waals surface area contributed by atoms with Crippen LogP contribution in [-0.2, 0) is 9.53 Å². The number of ether oxygens (including phenoxy) is 2. The van der Waals surface area contributed by atoms with Gasteiger partial charge in [-0.05, 0) is 38.5 Å². The van der Waals surface area contributed by atoms with Crippen LogP contribution in [0.3, 0.4) is 0 Å². The van der Waals surface area contributed by atoms with E-state index in [2.05, 4.69) is 30.2 Å². The van der Waals surface area contributed by atoms with Gasteiger partial charge in [0.15, 0.2) is 5.75 Å². The third-order valence-electron chi connectivity index (χ3n) is 8.91. The molecular weight excluding hydrogens is 549 g/mol. The Kier molecular flexibility index (Phi) is 7.20. The normalized spacial score (nSPS) is 24.3. The molecule has 41 heavy (non-hydrogen) atoms. The van der Waals surface area contributed by atoms with Crippen molar-refractivity contribution in [2.45, 2.75) is 44.0 Å². The average Bonchev–Trinajstić information content (AvgIpc) is 3.16. The number of benzene rings is 1. The van der Waals surface area contributed by atoms with Crippen molar-refractivity contribution < 1.29 is 23.5 Å². The van der Waals surface area contributed by atoms with Gasteiger partial charge in [0.1, 0.15) is 28.8 Å². The maximum absolute atomic E-state index is 15.1. The number of fused-ring (bicyclic) bond motifs is 2. The van der Waals surface area contributed by atoms with Crippen molar-refractivity contribution in [3.8, 4) is 17.0 Å². The van der Waals surface area contributed by atoms with Crippen molar-refractivity contribution in [2.24, 2.45) is 0 Å². The fourth-order valence-electron chi connectivity index (χ4n) is 6.55. The quantitative estimate of drug-likeness (QED) is 0.499. The van der Waals surface area contributed by atoms with Gasteiger partial charge in [-0.1, -0.05) is 30.3 Å². The Labute approximate surface area is 244 Å². The van der Waals surface area contributed by atoms with Crippen LogP contribution in [0, 0.1) is 5.82 Å². The van der Waals surface area contributed by atoms with Gasteiger partial charge < -0.3 is 24.2 Å². The zero-order valence-electron chi connectivity index (χ0n) is 23.6. The van der Waals surface area contributed by atoms with Gasteiger partial charge in [-0.25, -0.2) is 9.37 Å². The van der Waals surface area contributed by atoms with Crippen molar-refractivity contribution in [1.29, 1.82) is 0 Å². The van der Waals surface area contributed by atoms with Crippen molar-refractivity contribution in [1.82, 2.24) is 19.7 Å². The Hall–Kier alpha value is -3.21. The van der Waals surface area contributed by atoms with E-state index in [4.69, 9.17) is 26.1 Å². The van der Waals surface area contributed by atoms with Crippen LogP contribution < -0.4 is 9.64 Å². The highest BCUT2D eigenvalue weighted by Gasteiger charge is 2.48. The maximum Gasteiger partial charge on any atom is 0.261 e. The van der Waals surface area contributed by atoms with Crippen LogP contribution >= 0.6 is 11.6 Å². The minimum absolute atomic E-state index is 0.0975. The highest BCUT2D eigenvalue weighted by atomic mass is 35.5. The number of nitrogens with zero attached hydrogens (tertiary/aromatic N) is 5. The summed E-state index contributed by atoms with van der Waals surface area (Å²) in [6, 6.07) is 6.19. The van der Waals surface area contributed by atoms with Gasteiger partial charge in [-0.2, -0.15) is 0 Å². The predicted octanol–water partition coefficient (Wildman–Crippen LogP) is 3.46. The number of hydrogen-bond donors (Lipinski definition) is 0. The molecule has 1 aromatic heterocycles. The SMILES string of the molecule is C=CC(=O)N1CCN2C(=O)c3c(N4C[C@H](N5CC(OC)C5)CC4(C)C)nc(-c4ccccc4F)c(Cl)c3OC[C@H]2C1. The van der Waals surface area contributed by atoms with Crippen molar-refractivity contribution in [3.05, 3.63) is 53.3 Å². The van der Waals surface area contributed by atoms with E-state index in [1.165, 1.54) is 12.1 Å². The van der Waals surface area contributed by atoms with Crippen LogP contribution in [0.15, 0.2) is 36.9 Å². The van der Waals surface area contributed by atoms with Gasteiger partial charge in [0.25, 0.3) is 5.91 Å². The molecule has 0 radical (unpaired) electrons. The van der Waals surface area contributed by atoms with Gasteiger partial charge >= 0.3 is 0 Å². The van der Waals surface area contributed by atoms with E-state index in [9.17, 15) is 9.59 Å². The second kappa shape index (κ2) is 10.6. The van der Waals surface area contributed by atoms with Crippen LogP contribution in [0.1, 0.15) is 30.6 Å². The molecule has 4 aliphatic rings. The second-order valence-corrected chi connectivity index (χ2v) is 12.2. The number of piperazine rings is 1. The largest absolute Gasteiger partial charge is 0.489 e. The maximum atomic E-state index is 15.1. The number of carbonyl (C=O) groups excluding carboxylic acids is 2. The number of anilines is 1. The Morgan fingerprint density at radius 1 is 1.20 bits per heavy atom. The van der Waals surface area contributed by atoms with Crippen LogP contribution in [0.4, 0.5) is 10.2 Å². The predicted molar refractivity (Wildman–Crippen MR) is 154 cm³/mol. The first-order chi connectivity index (χ1) is 19.6. The van der Waals surface area contributed by atoms with E-state index in [0.717, 1.165) is 19.5 Å². The molecule has 11 heteroatoms. The van der Waals surface area contributed by atoms with Gasteiger partial charge in [-0.3, -0.25) is 14.5 Å². The molecule has 0 N–H and O–H groups in total. The minimum atomic E-state index is -0.464. The number of aromatic nitrogens is 1. The lowest BCUT2D eigenvalue weighted by molar-refractivity contribution is -0.128. The minimum Gasteiger partial charge on any atom is -0.489 e. The van der Waals surface area contributed by atoms with Crippen LogP contribution in [-0.4, -0.2) is 108 Å². The van der Waals surface area contributed by atoms with Gasteiger partial charge in [0.2, 0.25) is 5.91 Å². The molecule has 0 saturated carbocycles. The molecule has 2 atom stereocenters. The second-order valence-electron chi connectivity index (χ2n) is 11.8. The van der Waals surface area contributed by atoms with Crippen molar-refractivity contribution in [3.63, 3.8) is 0 Å². The molecule has 1 aromatic carbocycles. The number of halogens is 2. The number of likely N-dealkylation sites (tertiary alicyclic amines) is 1. The lowest BCUT2D eigenvalue weighted by Crippen LogP contribution is -2.57. The zero-order valence-corrected chi connectivity index (χ0v) is 24.4. The van der Waals surface area contributed by atoms with E-state index < -0.39 is 5.82 Å². The summed E-state index contributed by atoms with van der Waals surface area (Å²) >= 11 is 6.92. The van der Waals surface area contributed by atoms with Crippen LogP contribution in [0.25, 0.3) is 11.3 Å². The summed E-state index contributed by atoms with van der Waals surface area (Å²) in [6.45, 7) is 11.4. The van der Waals surface area contributed by atoms with E-state index in [-0.39, 0.29) is 69.7 Å². The third-order valence-corrected chi connectivity index (χ3v) is 9.26. The lowest BCUT2D eigenvalue weighted by Gasteiger charge is -2.42. The fourth-order valence-corrected chi connectivity index (χ4v) is 6.84. The number of pyridine rings is 1. The fraction of sp³-hybridized carbons (Fsp3) is 0.500. The molecule has 3 saturated heterocycles. The topological polar surface area (TPSA) is 78.5 Å². The number of hydrogen-bond acceptors (Lipinski definition) is 7. The summed E-state index contributed by atoms with van der Waals surface area (Å²) in [7, 11) is 1.73. The van der Waals surface area contributed by atoms with Gasteiger partial charge in [-0.15, -0.1) is 0 Å². The first kappa shape index (κ1) is 27.9. The molecule has 5 heterocycles. The molecule has 0 bridgehead atoms. The monoisotopic (exact) mass is 583 g/mol. The Morgan fingerprint density at radius 2 is 1.95 bits per heavy atom. The summed E-state index contributed by atoms with van der Waals surface area (Å²) in [5.74, 6) is -0.255. The molecular formula is C30H35ClFN5O4. The summed E-state index contributed by atoms with van der Waals surface area (Å²) < 4.78 is 26.9. The molecule has 0 unspecified atom stereocenters.